The highest BCUT2D eigenvalue weighted by atomic mass is 35.5. The number of nitriles is 1. The molecular weight excluding hydrogens is 354 g/mol. The molecule has 1 aliphatic heterocycles. The smallest absolute Gasteiger partial charge is 0.0998 e. The van der Waals surface area contributed by atoms with Crippen LogP contribution in [0.1, 0.15) is 25.0 Å². The van der Waals surface area contributed by atoms with Gasteiger partial charge in [-0.15, -0.1) is 0 Å². The Morgan fingerprint density at radius 3 is 2.33 bits per heavy atom. The molecule has 0 saturated carbocycles. The van der Waals surface area contributed by atoms with Gasteiger partial charge in [0.15, 0.2) is 0 Å². The Morgan fingerprint density at radius 2 is 1.74 bits per heavy atom. The maximum atomic E-state index is 9.52. The molecule has 0 N–H and O–H groups in total. The average molecular weight is 380 g/mol. The molecule has 0 aliphatic carbocycles. The van der Waals surface area contributed by atoms with E-state index in [1.165, 1.54) is 12.2 Å². The van der Waals surface area contributed by atoms with E-state index in [2.05, 4.69) is 54.0 Å². The molecule has 1 fully saturated rings. The molecule has 0 atom stereocenters. The Kier molecular flexibility index (Phi) is 6.55. The zero-order chi connectivity index (χ0) is 19.2. The second-order valence-corrected chi connectivity index (χ2v) is 7.83. The summed E-state index contributed by atoms with van der Waals surface area (Å²) in [6, 6.07) is 18.2. The van der Waals surface area contributed by atoms with Crippen LogP contribution >= 0.6 is 11.6 Å². The molecule has 0 bridgehead atoms. The Balaban J connectivity index is 1.69. The number of hydrogen-bond donors (Lipinski definition) is 0. The minimum Gasteiger partial charge on any atom is -0.369 e. The zero-order valence-corrected chi connectivity index (χ0v) is 16.8. The van der Waals surface area contributed by atoms with E-state index in [-0.39, 0.29) is 0 Å². The van der Waals surface area contributed by atoms with Crippen molar-refractivity contribution in [2.24, 2.45) is 5.92 Å². The first-order valence-electron chi connectivity index (χ1n) is 9.51. The Bertz CT molecular complexity index is 825. The Labute approximate surface area is 167 Å². The van der Waals surface area contributed by atoms with Crippen molar-refractivity contribution >= 4 is 28.9 Å². The third kappa shape index (κ3) is 5.13. The van der Waals surface area contributed by atoms with Gasteiger partial charge in [0.05, 0.1) is 11.6 Å². The molecule has 3 rings (SSSR count). The van der Waals surface area contributed by atoms with Crippen LogP contribution in [0.2, 0.25) is 5.02 Å². The predicted octanol–water partition coefficient (Wildman–Crippen LogP) is 5.18. The molecule has 0 radical (unpaired) electrons. The van der Waals surface area contributed by atoms with Crippen molar-refractivity contribution in [2.45, 2.75) is 13.8 Å². The highest BCUT2D eigenvalue weighted by Gasteiger charge is 2.17. The summed E-state index contributed by atoms with van der Waals surface area (Å²) in [5.74, 6) is 0.718. The van der Waals surface area contributed by atoms with E-state index in [9.17, 15) is 5.26 Å². The van der Waals surface area contributed by atoms with Crippen molar-refractivity contribution in [3.63, 3.8) is 0 Å². The van der Waals surface area contributed by atoms with Gasteiger partial charge in [-0.2, -0.15) is 5.26 Å². The SMILES string of the molecule is CC(C)CN1CCN(c2ccc(C=C(C#N)c3ccccc3Cl)cc2)CC1. The maximum absolute atomic E-state index is 9.52. The minimum atomic E-state index is 0.579. The first-order chi connectivity index (χ1) is 13.1. The van der Waals surface area contributed by atoms with Crippen molar-refractivity contribution in [2.75, 3.05) is 37.6 Å². The molecule has 0 unspecified atom stereocenters. The summed E-state index contributed by atoms with van der Waals surface area (Å²) in [4.78, 5) is 4.98. The lowest BCUT2D eigenvalue weighted by Crippen LogP contribution is -2.47. The van der Waals surface area contributed by atoms with Crippen molar-refractivity contribution in [3.05, 3.63) is 64.7 Å². The quantitative estimate of drug-likeness (QED) is 0.529. The lowest BCUT2D eigenvalue weighted by atomic mass is 10.0. The molecule has 2 aromatic carbocycles. The molecule has 0 spiro atoms. The number of rotatable bonds is 5. The Morgan fingerprint density at radius 1 is 1.07 bits per heavy atom. The summed E-state index contributed by atoms with van der Waals surface area (Å²) in [6.45, 7) is 10.1. The molecule has 0 aromatic heterocycles. The molecule has 140 valence electrons. The van der Waals surface area contributed by atoms with E-state index in [0.717, 1.165) is 43.2 Å². The van der Waals surface area contributed by atoms with E-state index in [1.54, 1.807) is 0 Å². The van der Waals surface area contributed by atoms with E-state index in [0.29, 0.717) is 10.6 Å². The number of nitrogens with zero attached hydrogens (tertiary/aromatic N) is 3. The summed E-state index contributed by atoms with van der Waals surface area (Å²) in [6.07, 6.45) is 1.89. The predicted molar refractivity (Wildman–Crippen MR) is 115 cm³/mol. The van der Waals surface area contributed by atoms with E-state index in [1.807, 2.05) is 30.3 Å². The fourth-order valence-corrected chi connectivity index (χ4v) is 3.74. The van der Waals surface area contributed by atoms with Crippen LogP contribution in [0, 0.1) is 17.2 Å². The highest BCUT2D eigenvalue weighted by Crippen LogP contribution is 2.26. The van der Waals surface area contributed by atoms with Gasteiger partial charge in [-0.1, -0.05) is 55.8 Å². The first-order valence-corrected chi connectivity index (χ1v) is 9.88. The fraction of sp³-hybridized carbons (Fsp3) is 0.348. The molecular formula is C23H26ClN3. The number of anilines is 1. The van der Waals surface area contributed by atoms with Crippen LogP contribution in [0.25, 0.3) is 11.6 Å². The van der Waals surface area contributed by atoms with Crippen LogP contribution in [-0.2, 0) is 0 Å². The number of benzene rings is 2. The summed E-state index contributed by atoms with van der Waals surface area (Å²) in [5.41, 5.74) is 3.60. The monoisotopic (exact) mass is 379 g/mol. The topological polar surface area (TPSA) is 30.3 Å². The van der Waals surface area contributed by atoms with Crippen molar-refractivity contribution in [1.29, 1.82) is 5.26 Å². The van der Waals surface area contributed by atoms with Crippen LogP contribution in [-0.4, -0.2) is 37.6 Å². The molecule has 4 heteroatoms. The van der Waals surface area contributed by atoms with Crippen LogP contribution in [0.3, 0.4) is 0 Å². The van der Waals surface area contributed by atoms with Crippen LogP contribution in [0.5, 0.6) is 0 Å². The number of allylic oxidation sites excluding steroid dienone is 1. The van der Waals surface area contributed by atoms with Crippen molar-refractivity contribution < 1.29 is 0 Å². The van der Waals surface area contributed by atoms with E-state index in [4.69, 9.17) is 11.6 Å². The average Bonchev–Trinajstić information content (AvgIpc) is 2.67. The van der Waals surface area contributed by atoms with Crippen molar-refractivity contribution in [1.82, 2.24) is 4.90 Å². The molecule has 1 aliphatic rings. The second-order valence-electron chi connectivity index (χ2n) is 7.42. The van der Waals surface area contributed by atoms with Gasteiger partial charge in [0.25, 0.3) is 0 Å². The van der Waals surface area contributed by atoms with Gasteiger partial charge in [-0.3, -0.25) is 4.90 Å². The van der Waals surface area contributed by atoms with E-state index < -0.39 is 0 Å². The maximum Gasteiger partial charge on any atom is 0.0998 e. The second kappa shape index (κ2) is 9.08. The molecule has 27 heavy (non-hydrogen) atoms. The van der Waals surface area contributed by atoms with Gasteiger partial charge in [0, 0.05) is 49.0 Å². The molecule has 1 saturated heterocycles. The number of piperazine rings is 1. The fourth-order valence-electron chi connectivity index (χ4n) is 3.50. The van der Waals surface area contributed by atoms with Gasteiger partial charge in [0.1, 0.15) is 0 Å². The van der Waals surface area contributed by atoms with Crippen LogP contribution < -0.4 is 4.90 Å². The molecule has 1 heterocycles. The number of hydrogen-bond acceptors (Lipinski definition) is 3. The normalized spacial score (nSPS) is 15.8. The van der Waals surface area contributed by atoms with Gasteiger partial charge >= 0.3 is 0 Å². The third-order valence-electron chi connectivity index (χ3n) is 4.85. The van der Waals surface area contributed by atoms with Crippen LogP contribution in [0.15, 0.2) is 48.5 Å². The van der Waals surface area contributed by atoms with E-state index >= 15 is 0 Å². The Hall–Kier alpha value is -2.28. The van der Waals surface area contributed by atoms with Gasteiger partial charge in [0.2, 0.25) is 0 Å². The van der Waals surface area contributed by atoms with Crippen LogP contribution in [0.4, 0.5) is 5.69 Å². The van der Waals surface area contributed by atoms with Gasteiger partial charge in [-0.05, 0) is 35.8 Å². The first kappa shape index (κ1) is 19.5. The lowest BCUT2D eigenvalue weighted by molar-refractivity contribution is 0.231. The summed E-state index contributed by atoms with van der Waals surface area (Å²) >= 11 is 6.23. The molecule has 3 nitrogen and oxygen atoms in total. The lowest BCUT2D eigenvalue weighted by Gasteiger charge is -2.36. The summed E-state index contributed by atoms with van der Waals surface area (Å²) < 4.78 is 0. The minimum absolute atomic E-state index is 0.579. The zero-order valence-electron chi connectivity index (χ0n) is 16.0. The summed E-state index contributed by atoms with van der Waals surface area (Å²) in [5, 5.41) is 10.1. The highest BCUT2D eigenvalue weighted by molar-refractivity contribution is 6.32. The third-order valence-corrected chi connectivity index (χ3v) is 5.18. The molecule has 0 amide bonds. The number of halogens is 1. The van der Waals surface area contributed by atoms with Gasteiger partial charge < -0.3 is 4.90 Å². The standard InChI is InChI=1S/C23H26ClN3/c1-18(2)17-26-11-13-27(14-12-26)21-9-7-19(8-10-21)15-20(16-25)22-5-3-4-6-23(22)24/h3-10,15,18H,11-14,17H2,1-2H3. The summed E-state index contributed by atoms with van der Waals surface area (Å²) in [7, 11) is 0. The van der Waals surface area contributed by atoms with Gasteiger partial charge in [-0.25, -0.2) is 0 Å². The largest absolute Gasteiger partial charge is 0.369 e. The van der Waals surface area contributed by atoms with Crippen molar-refractivity contribution in [3.8, 4) is 6.07 Å². The molecule has 2 aromatic rings.